The van der Waals surface area contributed by atoms with E-state index in [0.29, 0.717) is 30.3 Å². The first-order chi connectivity index (χ1) is 16.5. The Hall–Kier alpha value is -2.85. The Kier molecular flexibility index (Phi) is 6.60. The predicted molar refractivity (Wildman–Crippen MR) is 131 cm³/mol. The molecule has 0 bridgehead atoms. The number of thiophene rings is 1. The molecule has 176 valence electrons. The molecule has 7 nitrogen and oxygen atoms in total. The van der Waals surface area contributed by atoms with E-state index in [-0.39, 0.29) is 11.4 Å². The van der Waals surface area contributed by atoms with E-state index in [1.165, 1.54) is 27.6 Å². The average Bonchev–Trinajstić information content (AvgIpc) is 3.58. The first kappa shape index (κ1) is 22.9. The Morgan fingerprint density at radius 1 is 1.21 bits per heavy atom. The highest BCUT2D eigenvalue weighted by molar-refractivity contribution is 7.17. The number of hydrogen-bond acceptors (Lipinski definition) is 7. The highest BCUT2D eigenvalue weighted by Gasteiger charge is 2.45. The molecule has 0 aliphatic carbocycles. The number of thiazole rings is 1. The highest BCUT2D eigenvalue weighted by atomic mass is 32.1. The maximum atomic E-state index is 13.8. The van der Waals surface area contributed by atoms with Gasteiger partial charge >= 0.3 is 0 Å². The van der Waals surface area contributed by atoms with E-state index in [1.54, 1.807) is 11.8 Å². The lowest BCUT2D eigenvalue weighted by atomic mass is 10.0. The maximum Gasteiger partial charge on any atom is 0.290 e. The van der Waals surface area contributed by atoms with E-state index >= 15 is 0 Å². The molecule has 1 aromatic carbocycles. The minimum atomic E-state index is -0.595. The summed E-state index contributed by atoms with van der Waals surface area (Å²) in [7, 11) is 0. The number of nitrogens with one attached hydrogen (secondary N) is 1. The summed E-state index contributed by atoms with van der Waals surface area (Å²) < 4.78 is 5.43. The van der Waals surface area contributed by atoms with E-state index in [1.807, 2.05) is 47.8 Å². The van der Waals surface area contributed by atoms with Crippen LogP contribution in [0.4, 0.5) is 0 Å². The lowest BCUT2D eigenvalue weighted by molar-refractivity contribution is -0.907. The van der Waals surface area contributed by atoms with E-state index in [0.717, 1.165) is 35.1 Å². The van der Waals surface area contributed by atoms with E-state index in [4.69, 9.17) is 4.74 Å². The molecule has 1 saturated heterocycles. The summed E-state index contributed by atoms with van der Waals surface area (Å²) in [6.45, 7) is 6.18. The Balaban J connectivity index is 1.46. The second kappa shape index (κ2) is 9.79. The number of ether oxygens (including phenoxy) is 1. The number of quaternary nitrogens is 1. The minimum absolute atomic E-state index is 0.149. The van der Waals surface area contributed by atoms with Crippen molar-refractivity contribution in [2.45, 2.75) is 13.0 Å². The molecule has 2 N–H and O–H groups in total. The van der Waals surface area contributed by atoms with Gasteiger partial charge in [0.15, 0.2) is 5.76 Å². The zero-order valence-electron chi connectivity index (χ0n) is 18.8. The number of aliphatic hydroxyl groups excluding tert-OH is 1. The van der Waals surface area contributed by atoms with Crippen molar-refractivity contribution in [2.75, 3.05) is 39.4 Å². The molecule has 0 radical (unpaired) electrons. The summed E-state index contributed by atoms with van der Waals surface area (Å²) in [5.74, 6) is -1.27. The molecule has 1 atom stereocenters. The van der Waals surface area contributed by atoms with Crippen molar-refractivity contribution in [3.05, 3.63) is 74.6 Å². The summed E-state index contributed by atoms with van der Waals surface area (Å²) in [5.41, 5.74) is 1.68. The second-order valence-electron chi connectivity index (χ2n) is 8.42. The number of amides is 1. The molecule has 0 saturated carbocycles. The molecule has 1 amide bonds. The Morgan fingerprint density at radius 2 is 1.97 bits per heavy atom. The molecule has 0 spiro atoms. The maximum absolute atomic E-state index is 13.8. The van der Waals surface area contributed by atoms with E-state index in [2.05, 4.69) is 4.98 Å². The summed E-state index contributed by atoms with van der Waals surface area (Å²) in [6.07, 6.45) is 0. The van der Waals surface area contributed by atoms with Crippen molar-refractivity contribution in [1.82, 2.24) is 9.88 Å². The normalized spacial score (nSPS) is 19.3. The average molecular weight is 497 g/mol. The quantitative estimate of drug-likeness (QED) is 0.492. The van der Waals surface area contributed by atoms with Crippen LogP contribution in [0.3, 0.4) is 0 Å². The molecule has 4 heterocycles. The van der Waals surface area contributed by atoms with Gasteiger partial charge in [-0.1, -0.05) is 36.4 Å². The Labute approximate surface area is 205 Å². The smallest absolute Gasteiger partial charge is 0.290 e. The summed E-state index contributed by atoms with van der Waals surface area (Å²) in [4.78, 5) is 35.9. The number of morpholine rings is 1. The number of aromatic nitrogens is 1. The van der Waals surface area contributed by atoms with Gasteiger partial charge in [-0.15, -0.1) is 22.7 Å². The number of benzene rings is 1. The van der Waals surface area contributed by atoms with Gasteiger partial charge in [0.25, 0.3) is 5.91 Å². The zero-order valence-corrected chi connectivity index (χ0v) is 20.5. The van der Waals surface area contributed by atoms with E-state index in [9.17, 15) is 14.7 Å². The standard InChI is InChI=1S/C25H25N3O4S2/c1-16-23(34-24(26-16)17-6-3-2-4-7-17)21(29)19-20(18-8-5-15-33-18)28(25(31)22(19)30)10-9-27-11-13-32-14-12-27/h2-8,15,20,30H,9-14H2,1H3/p+1/t20-/m0/s1. The third kappa shape index (κ3) is 4.32. The summed E-state index contributed by atoms with van der Waals surface area (Å²) in [5, 5.41) is 13.6. The number of aryl methyl sites for hydroxylation is 1. The number of hydrogen-bond donors (Lipinski definition) is 2. The molecule has 34 heavy (non-hydrogen) atoms. The molecule has 5 rings (SSSR count). The largest absolute Gasteiger partial charge is 0.503 e. The zero-order chi connectivity index (χ0) is 23.7. The van der Waals surface area contributed by atoms with Gasteiger partial charge in [-0.3, -0.25) is 9.59 Å². The van der Waals surface area contributed by atoms with Crippen LogP contribution < -0.4 is 4.90 Å². The van der Waals surface area contributed by atoms with Gasteiger partial charge in [-0.2, -0.15) is 0 Å². The molecule has 1 fully saturated rings. The van der Waals surface area contributed by atoms with Crippen LogP contribution in [0.15, 0.2) is 59.2 Å². The SMILES string of the molecule is Cc1nc(-c2ccccc2)sc1C(=O)C1=C(O)C(=O)N(CC[NH+]2CCOCC2)[C@H]1c1cccs1. The second-order valence-corrected chi connectivity index (χ2v) is 10.4. The van der Waals surface area contributed by atoms with Gasteiger partial charge in [0.05, 0.1) is 48.5 Å². The van der Waals surface area contributed by atoms with Crippen molar-refractivity contribution in [3.8, 4) is 10.6 Å². The van der Waals surface area contributed by atoms with Crippen LogP contribution in [-0.4, -0.2) is 66.1 Å². The van der Waals surface area contributed by atoms with Crippen LogP contribution in [0.2, 0.25) is 0 Å². The van der Waals surface area contributed by atoms with Crippen LogP contribution in [0.25, 0.3) is 10.6 Å². The van der Waals surface area contributed by atoms with Gasteiger partial charge in [0.1, 0.15) is 18.1 Å². The van der Waals surface area contributed by atoms with Gasteiger partial charge < -0.3 is 19.6 Å². The first-order valence-electron chi connectivity index (χ1n) is 11.3. The van der Waals surface area contributed by atoms with Crippen LogP contribution in [0, 0.1) is 6.92 Å². The lowest BCUT2D eigenvalue weighted by Gasteiger charge is -2.29. The lowest BCUT2D eigenvalue weighted by Crippen LogP contribution is -3.14. The third-order valence-electron chi connectivity index (χ3n) is 6.29. The van der Waals surface area contributed by atoms with Crippen LogP contribution in [0.1, 0.15) is 26.3 Å². The molecule has 2 aromatic heterocycles. The fraction of sp³-hybridized carbons (Fsp3) is 0.320. The monoisotopic (exact) mass is 496 g/mol. The third-order valence-corrected chi connectivity index (χ3v) is 8.42. The van der Waals surface area contributed by atoms with Crippen LogP contribution in [-0.2, 0) is 9.53 Å². The van der Waals surface area contributed by atoms with E-state index < -0.39 is 17.7 Å². The molecule has 9 heteroatoms. The molecule has 0 unspecified atom stereocenters. The fourth-order valence-electron chi connectivity index (χ4n) is 4.48. The minimum Gasteiger partial charge on any atom is -0.503 e. The van der Waals surface area contributed by atoms with Crippen LogP contribution >= 0.6 is 22.7 Å². The molecule has 3 aromatic rings. The van der Waals surface area contributed by atoms with Crippen molar-refractivity contribution >= 4 is 34.4 Å². The molecular weight excluding hydrogens is 470 g/mol. The van der Waals surface area contributed by atoms with Crippen LogP contribution in [0.5, 0.6) is 0 Å². The molecule has 2 aliphatic heterocycles. The highest BCUT2D eigenvalue weighted by Crippen LogP contribution is 2.42. The summed E-state index contributed by atoms with van der Waals surface area (Å²) in [6, 6.07) is 12.9. The van der Waals surface area contributed by atoms with Gasteiger partial charge in [0.2, 0.25) is 5.78 Å². The number of nitrogens with zero attached hydrogens (tertiary/aromatic N) is 2. The Bertz CT molecular complexity index is 1210. The molecule has 2 aliphatic rings. The molecular formula is C25H26N3O4S2+. The van der Waals surface area contributed by atoms with Crippen molar-refractivity contribution in [3.63, 3.8) is 0 Å². The number of carbonyl (C=O) groups excluding carboxylic acids is 2. The van der Waals surface area contributed by atoms with Crippen molar-refractivity contribution in [1.29, 1.82) is 0 Å². The topological polar surface area (TPSA) is 84.2 Å². The van der Waals surface area contributed by atoms with Gasteiger partial charge in [-0.05, 0) is 18.4 Å². The number of aliphatic hydroxyl groups is 1. The van der Waals surface area contributed by atoms with Gasteiger partial charge in [-0.25, -0.2) is 4.98 Å². The number of ketones is 1. The summed E-state index contributed by atoms with van der Waals surface area (Å²) >= 11 is 2.78. The number of rotatable bonds is 7. The Morgan fingerprint density at radius 3 is 2.68 bits per heavy atom. The fourth-order valence-corrected chi connectivity index (χ4v) is 6.35. The van der Waals surface area contributed by atoms with Crippen molar-refractivity contribution < 1.29 is 24.3 Å². The first-order valence-corrected chi connectivity index (χ1v) is 13.0. The van der Waals surface area contributed by atoms with Gasteiger partial charge in [0, 0.05) is 10.4 Å². The number of carbonyl (C=O) groups is 2. The number of Topliss-reactive ketones (excluding diaryl/α,β-unsaturated/α-hetero) is 1. The van der Waals surface area contributed by atoms with Crippen molar-refractivity contribution in [2.24, 2.45) is 0 Å². The predicted octanol–water partition coefficient (Wildman–Crippen LogP) is 2.67.